The fraction of sp³-hybridized carbons (Fsp3) is 0.455. The highest BCUT2D eigenvalue weighted by Crippen LogP contribution is 2.58. The van der Waals surface area contributed by atoms with E-state index in [4.69, 9.17) is 79.9 Å². The van der Waals surface area contributed by atoms with E-state index in [9.17, 15) is 19.7 Å². The predicted molar refractivity (Wildman–Crippen MR) is 169 cm³/mol. The molecule has 24 heteroatoms. The van der Waals surface area contributed by atoms with E-state index in [-0.39, 0.29) is 32.3 Å². The van der Waals surface area contributed by atoms with Crippen molar-refractivity contribution in [2.75, 3.05) is 18.9 Å². The molecule has 46 heavy (non-hydrogen) atoms. The first-order chi connectivity index (χ1) is 21.7. The zero-order valence-electron chi connectivity index (χ0n) is 22.7. The molecule has 3 aliphatic heterocycles. The molecule has 0 saturated carbocycles. The predicted octanol–water partition coefficient (Wildman–Crippen LogP) is 3.01. The molecule has 0 aliphatic carbocycles. The maximum Gasteiger partial charge on any atom is 0.386 e. The number of nitrogens with zero attached hydrogens (tertiary/aromatic N) is 6. The average Bonchev–Trinajstić information content (AvgIpc) is 3.71. The summed E-state index contributed by atoms with van der Waals surface area (Å²) in [5.74, 6) is 0.0894. The van der Waals surface area contributed by atoms with E-state index < -0.39 is 75.8 Å². The number of nitrogen functional groups attached to an aromatic ring is 1. The number of nitrogens with two attached hydrogens (primary N) is 1. The fourth-order valence-electron chi connectivity index (χ4n) is 5.45. The minimum atomic E-state index is -4.34. The lowest BCUT2D eigenvalue weighted by molar-refractivity contribution is -0.0587. The largest absolute Gasteiger partial charge is 0.387 e. The van der Waals surface area contributed by atoms with Crippen LogP contribution in [0.2, 0.25) is 15.3 Å². The van der Waals surface area contributed by atoms with Crippen LogP contribution < -0.4 is 5.73 Å². The van der Waals surface area contributed by atoms with Gasteiger partial charge in [0, 0.05) is 0 Å². The molecule has 1 aromatic carbocycles. The summed E-state index contributed by atoms with van der Waals surface area (Å²) < 4.78 is 51.0. The van der Waals surface area contributed by atoms with Crippen molar-refractivity contribution in [1.29, 1.82) is 0 Å². The van der Waals surface area contributed by atoms with Crippen molar-refractivity contribution in [2.24, 2.45) is 0 Å². The van der Waals surface area contributed by atoms with E-state index >= 15 is 0 Å². The third kappa shape index (κ3) is 5.98. The van der Waals surface area contributed by atoms with Gasteiger partial charge in [-0.25, -0.2) is 24.5 Å². The highest BCUT2D eigenvalue weighted by atomic mass is 35.5. The van der Waals surface area contributed by atoms with Gasteiger partial charge in [0.2, 0.25) is 5.28 Å². The normalized spacial score (nSPS) is 37.2. The number of aromatic nitrogens is 6. The number of thiol groups is 1. The molecular formula is C22H22Cl3N7O10P2S2. The number of aliphatic hydroxyl groups excluding tert-OH is 2. The number of fused-ring (bicyclic) bond motifs is 5. The Bertz CT molecular complexity index is 1940. The van der Waals surface area contributed by atoms with E-state index in [0.717, 1.165) is 0 Å². The molecule has 3 fully saturated rings. The average molecular weight is 777 g/mol. The second-order valence-electron chi connectivity index (χ2n) is 10.4. The molecule has 248 valence electrons. The Hall–Kier alpha value is -1.22. The second kappa shape index (κ2) is 12.3. The third-order valence-corrected chi connectivity index (χ3v) is 11.7. The Kier molecular flexibility index (Phi) is 8.88. The van der Waals surface area contributed by atoms with Crippen LogP contribution in [0.4, 0.5) is 5.82 Å². The Morgan fingerprint density at radius 2 is 1.70 bits per heavy atom. The van der Waals surface area contributed by atoms with Crippen LogP contribution in [-0.2, 0) is 43.9 Å². The van der Waals surface area contributed by atoms with E-state index in [2.05, 4.69) is 32.2 Å². The van der Waals surface area contributed by atoms with Crippen LogP contribution in [0.3, 0.4) is 0 Å². The first-order valence-electron chi connectivity index (χ1n) is 13.2. The van der Waals surface area contributed by atoms with Gasteiger partial charge in [-0.3, -0.25) is 22.7 Å². The minimum absolute atomic E-state index is 0.0894. The Morgan fingerprint density at radius 3 is 2.48 bits per heavy atom. The molecule has 5 N–H and O–H groups in total. The van der Waals surface area contributed by atoms with Crippen molar-refractivity contribution in [2.45, 2.75) is 49.1 Å². The third-order valence-electron chi connectivity index (χ3n) is 7.54. The van der Waals surface area contributed by atoms with Crippen molar-refractivity contribution in [3.8, 4) is 0 Å². The first kappa shape index (κ1) is 33.3. The summed E-state index contributed by atoms with van der Waals surface area (Å²) in [6.45, 7) is -9.61. The second-order valence-corrected chi connectivity index (χ2v) is 17.2. The van der Waals surface area contributed by atoms with Crippen LogP contribution >= 0.6 is 60.6 Å². The molecule has 7 rings (SSSR count). The standard InChI is InChI=1S/C22H22Cl3N7O10P2S2/c23-7-1-9-10(2-8(7)24)32(22(25)30-9)20-15(34)16-12(40-20)4-38-44(36,46)42-17-14(33)11(3-37-43(35,45)41-16)39-21(17)31-6-29-13-18(26)27-5-28-19(13)31/h1-2,5-6,11-12,14-17,20-21,33-34H,3-4H2,(H,35,45)(H,36,46)(H2,26,27,28). The van der Waals surface area contributed by atoms with Gasteiger partial charge in [-0.15, -0.1) is 0 Å². The summed E-state index contributed by atoms with van der Waals surface area (Å²) >= 11 is 28.1. The van der Waals surface area contributed by atoms with Crippen LogP contribution in [0, 0.1) is 0 Å². The maximum absolute atomic E-state index is 13.6. The molecule has 3 aromatic heterocycles. The van der Waals surface area contributed by atoms with Crippen LogP contribution in [0.5, 0.6) is 0 Å². The molecule has 17 nitrogen and oxygen atoms in total. The number of hydrogen-bond acceptors (Lipinski definition) is 15. The van der Waals surface area contributed by atoms with Gasteiger partial charge < -0.3 is 34.8 Å². The molecule has 3 aliphatic rings. The molecule has 0 radical (unpaired) electrons. The molecule has 2 bridgehead atoms. The highest BCUT2D eigenvalue weighted by Gasteiger charge is 2.53. The Morgan fingerprint density at radius 1 is 0.978 bits per heavy atom. The summed E-state index contributed by atoms with van der Waals surface area (Å²) in [5.41, 5.74) is 7.08. The summed E-state index contributed by atoms with van der Waals surface area (Å²) in [6, 6.07) is 2.97. The van der Waals surface area contributed by atoms with Crippen LogP contribution in [0.25, 0.3) is 22.2 Å². The number of anilines is 1. The van der Waals surface area contributed by atoms with Crippen LogP contribution in [-0.4, -0.2) is 94.0 Å². The monoisotopic (exact) mass is 775 g/mol. The summed E-state index contributed by atoms with van der Waals surface area (Å²) in [6.07, 6.45) is -8.29. The number of ether oxygens (including phenoxy) is 2. The quantitative estimate of drug-likeness (QED) is 0.146. The van der Waals surface area contributed by atoms with Gasteiger partial charge >= 0.3 is 13.5 Å². The van der Waals surface area contributed by atoms with Crippen molar-refractivity contribution in [3.05, 3.63) is 40.1 Å². The van der Waals surface area contributed by atoms with E-state index in [1.807, 2.05) is 0 Å². The molecule has 10 unspecified atom stereocenters. The number of rotatable bonds is 2. The van der Waals surface area contributed by atoms with Gasteiger partial charge in [0.15, 0.2) is 23.9 Å². The molecule has 4 aromatic rings. The zero-order chi connectivity index (χ0) is 32.7. The molecular weight excluding hydrogens is 755 g/mol. The molecule has 10 atom stereocenters. The van der Waals surface area contributed by atoms with Gasteiger partial charge in [0.1, 0.15) is 48.5 Å². The zero-order valence-corrected chi connectivity index (χ0v) is 28.5. The number of hydrogen-bond donors (Lipinski definition) is 5. The number of halogens is 3. The molecule has 0 amide bonds. The van der Waals surface area contributed by atoms with Crippen molar-refractivity contribution in [1.82, 2.24) is 29.1 Å². The van der Waals surface area contributed by atoms with Crippen molar-refractivity contribution in [3.63, 3.8) is 0 Å². The molecule has 6 heterocycles. The highest BCUT2D eigenvalue weighted by molar-refractivity contribution is 8.44. The lowest BCUT2D eigenvalue weighted by Crippen LogP contribution is -2.36. The maximum atomic E-state index is 13.6. The van der Waals surface area contributed by atoms with Crippen molar-refractivity contribution < 1.29 is 47.2 Å². The van der Waals surface area contributed by atoms with Gasteiger partial charge in [-0.1, -0.05) is 35.5 Å². The molecule has 0 spiro atoms. The molecule has 3 saturated heterocycles. The number of aliphatic hydroxyl groups is 2. The SMILES string of the molecule is Nc1ncnc2c1ncn2C1OC2COP(O)(=S)OC3C(COP(=O)(S)OC1C2O)OC(n1c(Cl)nc2cc(Cl)c(Cl)cc21)C3O. The van der Waals surface area contributed by atoms with Gasteiger partial charge in [0.05, 0.1) is 40.6 Å². The Labute approximate surface area is 283 Å². The summed E-state index contributed by atoms with van der Waals surface area (Å²) in [5, 5.41) is 22.9. The number of benzene rings is 1. The van der Waals surface area contributed by atoms with Crippen LogP contribution in [0.1, 0.15) is 12.5 Å². The van der Waals surface area contributed by atoms with Gasteiger partial charge in [0.25, 0.3) is 0 Å². The van der Waals surface area contributed by atoms with Gasteiger partial charge in [-0.05, 0) is 35.5 Å². The summed E-state index contributed by atoms with van der Waals surface area (Å²) in [7, 11) is 0. The van der Waals surface area contributed by atoms with E-state index in [1.165, 1.54) is 33.9 Å². The van der Waals surface area contributed by atoms with E-state index in [1.54, 1.807) is 0 Å². The minimum Gasteiger partial charge on any atom is -0.387 e. The number of imidazole rings is 2. The summed E-state index contributed by atoms with van der Waals surface area (Å²) in [4.78, 5) is 27.6. The smallest absolute Gasteiger partial charge is 0.386 e. The first-order valence-corrected chi connectivity index (χ1v) is 19.6. The lowest BCUT2D eigenvalue weighted by atomic mass is 10.1. The van der Waals surface area contributed by atoms with E-state index in [0.29, 0.717) is 11.0 Å². The Balaban J connectivity index is 1.21. The fourth-order valence-corrected chi connectivity index (χ4v) is 8.95. The van der Waals surface area contributed by atoms with Gasteiger partial charge in [-0.2, -0.15) is 0 Å². The topological polar surface area (TPSA) is 221 Å². The lowest BCUT2D eigenvalue weighted by Gasteiger charge is -2.27. The van der Waals surface area contributed by atoms with Crippen molar-refractivity contribution >= 4 is 100 Å². The van der Waals surface area contributed by atoms with Crippen LogP contribution in [0.15, 0.2) is 24.8 Å².